The highest BCUT2D eigenvalue weighted by atomic mass is 35.5. The highest BCUT2D eigenvalue weighted by molar-refractivity contribution is 6.34. The summed E-state index contributed by atoms with van der Waals surface area (Å²) in [6.45, 7) is 0. The average Bonchev–Trinajstić information content (AvgIpc) is 2.44. The fourth-order valence-electron chi connectivity index (χ4n) is 1.91. The van der Waals surface area contributed by atoms with Crippen LogP contribution in [0, 0.1) is 5.82 Å². The van der Waals surface area contributed by atoms with Gasteiger partial charge in [0.25, 0.3) is 5.56 Å². The van der Waals surface area contributed by atoms with E-state index >= 15 is 0 Å². The van der Waals surface area contributed by atoms with Crippen molar-refractivity contribution < 1.29 is 4.39 Å². The number of hydrogen-bond donors (Lipinski definition) is 0. The van der Waals surface area contributed by atoms with Crippen LogP contribution in [0.5, 0.6) is 0 Å². The van der Waals surface area contributed by atoms with Gasteiger partial charge in [0.15, 0.2) is 5.15 Å². The quantitative estimate of drug-likeness (QED) is 0.683. The van der Waals surface area contributed by atoms with Gasteiger partial charge in [-0.15, -0.1) is 0 Å². The van der Waals surface area contributed by atoms with Gasteiger partial charge in [-0.1, -0.05) is 29.8 Å². The number of nitrogens with zero attached hydrogens (tertiary/aromatic N) is 2. The Kier molecular flexibility index (Phi) is 2.80. The van der Waals surface area contributed by atoms with Crippen LogP contribution < -0.4 is 5.56 Å². The second-order valence-corrected chi connectivity index (χ2v) is 4.39. The Hall–Kier alpha value is -2.20. The highest BCUT2D eigenvalue weighted by Crippen LogP contribution is 2.18. The Morgan fingerprint density at radius 1 is 1.00 bits per heavy atom. The second-order valence-electron chi connectivity index (χ2n) is 4.03. The first-order valence-electron chi connectivity index (χ1n) is 5.60. The molecular formula is C14H8ClFN2O. The minimum atomic E-state index is -0.372. The summed E-state index contributed by atoms with van der Waals surface area (Å²) in [7, 11) is 0. The minimum Gasteiger partial charge on any atom is -0.267 e. The number of rotatable bonds is 1. The van der Waals surface area contributed by atoms with E-state index in [9.17, 15) is 9.18 Å². The molecule has 0 saturated carbocycles. The van der Waals surface area contributed by atoms with Gasteiger partial charge in [-0.2, -0.15) is 9.78 Å². The maximum Gasteiger partial charge on any atom is 0.279 e. The lowest BCUT2D eigenvalue weighted by Gasteiger charge is -2.07. The Labute approximate surface area is 112 Å². The van der Waals surface area contributed by atoms with Crippen LogP contribution in [0.15, 0.2) is 53.3 Å². The first-order valence-corrected chi connectivity index (χ1v) is 5.98. The van der Waals surface area contributed by atoms with Gasteiger partial charge < -0.3 is 0 Å². The molecule has 0 fully saturated rings. The Balaban J connectivity index is 2.34. The molecule has 0 radical (unpaired) electrons. The fourth-order valence-corrected chi connectivity index (χ4v) is 2.15. The number of halogens is 2. The molecule has 94 valence electrons. The molecule has 0 bridgehead atoms. The average molecular weight is 275 g/mol. The van der Waals surface area contributed by atoms with Crippen molar-refractivity contribution in [3.05, 3.63) is 69.9 Å². The first-order chi connectivity index (χ1) is 9.16. The zero-order valence-corrected chi connectivity index (χ0v) is 10.4. The van der Waals surface area contributed by atoms with E-state index in [4.69, 9.17) is 11.6 Å². The third-order valence-electron chi connectivity index (χ3n) is 2.83. The van der Waals surface area contributed by atoms with Crippen molar-refractivity contribution in [2.75, 3.05) is 0 Å². The molecule has 0 atom stereocenters. The second kappa shape index (κ2) is 4.48. The molecule has 0 spiro atoms. The molecule has 0 aliphatic heterocycles. The van der Waals surface area contributed by atoms with Crippen molar-refractivity contribution >= 4 is 22.4 Å². The normalized spacial score (nSPS) is 10.8. The molecular weight excluding hydrogens is 267 g/mol. The van der Waals surface area contributed by atoms with Gasteiger partial charge in [-0.25, -0.2) is 4.39 Å². The molecule has 0 saturated heterocycles. The number of aromatic nitrogens is 2. The molecule has 0 unspecified atom stereocenters. The van der Waals surface area contributed by atoms with E-state index in [0.717, 1.165) is 0 Å². The Morgan fingerprint density at radius 3 is 2.32 bits per heavy atom. The molecule has 3 aromatic rings. The number of hydrogen-bond acceptors (Lipinski definition) is 2. The number of benzene rings is 2. The maximum absolute atomic E-state index is 12.9. The topological polar surface area (TPSA) is 34.9 Å². The summed E-state index contributed by atoms with van der Waals surface area (Å²) in [5, 5.41) is 5.37. The zero-order chi connectivity index (χ0) is 13.4. The lowest BCUT2D eigenvalue weighted by Crippen LogP contribution is -2.21. The van der Waals surface area contributed by atoms with E-state index in [0.29, 0.717) is 16.5 Å². The van der Waals surface area contributed by atoms with Gasteiger partial charge >= 0.3 is 0 Å². The van der Waals surface area contributed by atoms with E-state index < -0.39 is 0 Å². The van der Waals surface area contributed by atoms with E-state index in [-0.39, 0.29) is 16.5 Å². The first kappa shape index (κ1) is 11.9. The van der Waals surface area contributed by atoms with E-state index in [1.807, 2.05) is 0 Å². The van der Waals surface area contributed by atoms with Gasteiger partial charge in [-0.3, -0.25) is 4.79 Å². The van der Waals surface area contributed by atoms with E-state index in [2.05, 4.69) is 5.10 Å². The largest absolute Gasteiger partial charge is 0.279 e. The molecule has 1 heterocycles. The summed E-state index contributed by atoms with van der Waals surface area (Å²) >= 11 is 6.07. The third kappa shape index (κ3) is 2.00. The molecule has 3 rings (SSSR count). The maximum atomic E-state index is 12.9. The van der Waals surface area contributed by atoms with Gasteiger partial charge in [0.05, 0.1) is 11.1 Å². The monoisotopic (exact) mass is 274 g/mol. The lowest BCUT2D eigenvalue weighted by molar-refractivity contribution is 0.626. The summed E-state index contributed by atoms with van der Waals surface area (Å²) in [5.41, 5.74) is 0.186. The van der Waals surface area contributed by atoms with E-state index in [1.54, 1.807) is 24.3 Å². The van der Waals surface area contributed by atoms with Gasteiger partial charge in [0.1, 0.15) is 5.82 Å². The molecule has 0 N–H and O–H groups in total. The van der Waals surface area contributed by atoms with Crippen LogP contribution in [0.1, 0.15) is 0 Å². The van der Waals surface area contributed by atoms with Crippen LogP contribution in [0.25, 0.3) is 16.5 Å². The summed E-state index contributed by atoms with van der Waals surface area (Å²) in [6.07, 6.45) is 0. The predicted octanol–water partition coefficient (Wildman–Crippen LogP) is 3.18. The number of fused-ring (bicyclic) bond motifs is 1. The van der Waals surface area contributed by atoms with Crippen LogP contribution in [-0.2, 0) is 0 Å². The summed E-state index contributed by atoms with van der Waals surface area (Å²) in [4.78, 5) is 12.3. The van der Waals surface area contributed by atoms with Crippen molar-refractivity contribution in [1.29, 1.82) is 0 Å². The van der Waals surface area contributed by atoms with Gasteiger partial charge in [0, 0.05) is 5.39 Å². The van der Waals surface area contributed by atoms with Crippen molar-refractivity contribution in [1.82, 2.24) is 9.78 Å². The summed E-state index contributed by atoms with van der Waals surface area (Å²) in [6, 6.07) is 12.5. The van der Waals surface area contributed by atoms with Crippen LogP contribution >= 0.6 is 11.6 Å². The van der Waals surface area contributed by atoms with E-state index in [1.165, 1.54) is 28.9 Å². The zero-order valence-electron chi connectivity index (χ0n) is 9.68. The molecule has 3 nitrogen and oxygen atoms in total. The van der Waals surface area contributed by atoms with Crippen LogP contribution in [0.2, 0.25) is 5.15 Å². The van der Waals surface area contributed by atoms with Crippen molar-refractivity contribution in [3.63, 3.8) is 0 Å². The standard InChI is InChI=1S/C14H8ClFN2O/c15-13-11-3-1-2-4-12(11)14(19)18(17-13)10-7-5-9(16)6-8-10/h1-8H. The van der Waals surface area contributed by atoms with Crippen molar-refractivity contribution in [2.45, 2.75) is 0 Å². The molecule has 0 aliphatic carbocycles. The lowest BCUT2D eigenvalue weighted by atomic mass is 10.2. The van der Waals surface area contributed by atoms with Crippen molar-refractivity contribution in [3.8, 4) is 5.69 Å². The molecule has 1 aromatic heterocycles. The Bertz CT molecular complexity index is 812. The molecule has 5 heteroatoms. The SMILES string of the molecule is O=c1c2ccccc2c(Cl)nn1-c1ccc(F)cc1. The predicted molar refractivity (Wildman–Crippen MR) is 72.3 cm³/mol. The minimum absolute atomic E-state index is 0.236. The van der Waals surface area contributed by atoms with Crippen LogP contribution in [-0.4, -0.2) is 9.78 Å². The third-order valence-corrected chi connectivity index (χ3v) is 3.11. The smallest absolute Gasteiger partial charge is 0.267 e. The fraction of sp³-hybridized carbons (Fsp3) is 0. The molecule has 19 heavy (non-hydrogen) atoms. The van der Waals surface area contributed by atoms with Gasteiger partial charge in [0.2, 0.25) is 0 Å². The Morgan fingerprint density at radius 2 is 1.63 bits per heavy atom. The van der Waals surface area contributed by atoms with Gasteiger partial charge in [-0.05, 0) is 30.3 Å². The van der Waals surface area contributed by atoms with Crippen molar-refractivity contribution in [2.24, 2.45) is 0 Å². The molecule has 0 amide bonds. The van der Waals surface area contributed by atoms with Crippen LogP contribution in [0.4, 0.5) is 4.39 Å². The van der Waals surface area contributed by atoms with Crippen LogP contribution in [0.3, 0.4) is 0 Å². The molecule has 2 aromatic carbocycles. The summed E-state index contributed by atoms with van der Waals surface area (Å²) < 4.78 is 14.1. The molecule has 0 aliphatic rings. The summed E-state index contributed by atoms with van der Waals surface area (Å²) in [5.74, 6) is -0.372. The highest BCUT2D eigenvalue weighted by Gasteiger charge is 2.09.